The molecule has 0 aromatic carbocycles. The Labute approximate surface area is 96.8 Å². The van der Waals surface area contributed by atoms with E-state index < -0.39 is 0 Å². The van der Waals surface area contributed by atoms with Crippen molar-refractivity contribution < 1.29 is 14.3 Å². The zero-order valence-electron chi connectivity index (χ0n) is 10.1. The summed E-state index contributed by atoms with van der Waals surface area (Å²) in [5.74, 6) is -0.0465. The lowest BCUT2D eigenvalue weighted by Crippen LogP contribution is -2.29. The molecule has 3 unspecified atom stereocenters. The van der Waals surface area contributed by atoms with E-state index in [0.29, 0.717) is 12.7 Å². The number of hydrogen-bond acceptors (Lipinski definition) is 3. The van der Waals surface area contributed by atoms with Gasteiger partial charge in [-0.15, -0.1) is 0 Å². The smallest absolute Gasteiger partial charge is 0.309 e. The van der Waals surface area contributed by atoms with Crippen LogP contribution >= 0.6 is 0 Å². The fourth-order valence-electron chi connectivity index (χ4n) is 2.54. The highest BCUT2D eigenvalue weighted by atomic mass is 16.6. The maximum Gasteiger partial charge on any atom is 0.309 e. The molecule has 2 aliphatic rings. The SMILES string of the molecule is C=C(C)COC(=O)C1CCC2(CC)OC2C1. The first-order valence-electron chi connectivity index (χ1n) is 6.06. The van der Waals surface area contributed by atoms with Gasteiger partial charge in [0.05, 0.1) is 17.6 Å². The van der Waals surface area contributed by atoms with Crippen LogP contribution in [0.5, 0.6) is 0 Å². The quantitative estimate of drug-likeness (QED) is 0.418. The first-order valence-corrected chi connectivity index (χ1v) is 6.06. The second-order valence-electron chi connectivity index (χ2n) is 5.06. The summed E-state index contributed by atoms with van der Waals surface area (Å²) in [6.07, 6.45) is 4.10. The zero-order chi connectivity index (χ0) is 11.8. The normalized spacial score (nSPS) is 36.4. The predicted molar refractivity (Wildman–Crippen MR) is 61.0 cm³/mol. The average Bonchev–Trinajstić information content (AvgIpc) is 2.99. The van der Waals surface area contributed by atoms with Gasteiger partial charge in [0.2, 0.25) is 0 Å². The summed E-state index contributed by atoms with van der Waals surface area (Å²) in [5, 5.41) is 0. The van der Waals surface area contributed by atoms with Crippen molar-refractivity contribution in [3.8, 4) is 0 Å². The van der Waals surface area contributed by atoms with Crippen molar-refractivity contribution in [2.24, 2.45) is 5.92 Å². The van der Waals surface area contributed by atoms with Crippen LogP contribution in [-0.4, -0.2) is 24.3 Å². The van der Waals surface area contributed by atoms with E-state index in [4.69, 9.17) is 9.47 Å². The predicted octanol–water partition coefficient (Wildman–Crippen LogP) is 2.45. The van der Waals surface area contributed by atoms with E-state index in [9.17, 15) is 4.79 Å². The second-order valence-corrected chi connectivity index (χ2v) is 5.06. The van der Waals surface area contributed by atoms with Crippen molar-refractivity contribution >= 4 is 5.97 Å². The molecule has 1 heterocycles. The first kappa shape index (κ1) is 11.6. The molecule has 1 saturated carbocycles. The highest BCUT2D eigenvalue weighted by Crippen LogP contribution is 2.51. The van der Waals surface area contributed by atoms with Crippen LogP contribution in [-0.2, 0) is 14.3 Å². The van der Waals surface area contributed by atoms with Gasteiger partial charge in [0.1, 0.15) is 6.61 Å². The fourth-order valence-corrected chi connectivity index (χ4v) is 2.54. The number of rotatable bonds is 4. The number of fused-ring (bicyclic) bond motifs is 1. The Balaban J connectivity index is 1.80. The number of epoxide rings is 1. The van der Waals surface area contributed by atoms with Gasteiger partial charge in [-0.2, -0.15) is 0 Å². The van der Waals surface area contributed by atoms with Gasteiger partial charge in [0, 0.05) is 0 Å². The summed E-state index contributed by atoms with van der Waals surface area (Å²) in [5.41, 5.74) is 1.00. The van der Waals surface area contributed by atoms with Gasteiger partial charge in [0.25, 0.3) is 0 Å². The lowest BCUT2D eigenvalue weighted by Gasteiger charge is -2.22. The van der Waals surface area contributed by atoms with E-state index in [2.05, 4.69) is 13.5 Å². The summed E-state index contributed by atoms with van der Waals surface area (Å²) >= 11 is 0. The Hall–Kier alpha value is -0.830. The molecule has 3 heteroatoms. The Bertz CT molecular complexity index is 310. The lowest BCUT2D eigenvalue weighted by molar-refractivity contribution is -0.148. The maximum atomic E-state index is 11.7. The summed E-state index contributed by atoms with van der Waals surface area (Å²) in [7, 11) is 0. The van der Waals surface area contributed by atoms with E-state index in [-0.39, 0.29) is 17.5 Å². The van der Waals surface area contributed by atoms with Crippen LogP contribution in [0.3, 0.4) is 0 Å². The molecule has 0 amide bonds. The van der Waals surface area contributed by atoms with Crippen molar-refractivity contribution in [1.29, 1.82) is 0 Å². The van der Waals surface area contributed by atoms with Gasteiger partial charge < -0.3 is 9.47 Å². The highest BCUT2D eigenvalue weighted by molar-refractivity contribution is 5.73. The van der Waals surface area contributed by atoms with E-state index in [1.165, 1.54) is 0 Å². The van der Waals surface area contributed by atoms with E-state index in [1.807, 2.05) is 6.92 Å². The molecule has 0 N–H and O–H groups in total. The largest absolute Gasteiger partial charge is 0.461 e. The van der Waals surface area contributed by atoms with Crippen molar-refractivity contribution in [2.45, 2.75) is 51.2 Å². The van der Waals surface area contributed by atoms with E-state index in [1.54, 1.807) is 0 Å². The highest BCUT2D eigenvalue weighted by Gasteiger charge is 2.58. The van der Waals surface area contributed by atoms with Crippen LogP contribution in [0.25, 0.3) is 0 Å². The molecule has 16 heavy (non-hydrogen) atoms. The van der Waals surface area contributed by atoms with Crippen LogP contribution in [0.1, 0.15) is 39.5 Å². The molecule has 3 atom stereocenters. The molecule has 0 bridgehead atoms. The third kappa shape index (κ3) is 2.14. The van der Waals surface area contributed by atoms with Crippen molar-refractivity contribution in [3.63, 3.8) is 0 Å². The number of esters is 1. The molecule has 2 rings (SSSR count). The third-order valence-corrected chi connectivity index (χ3v) is 3.71. The molecule has 90 valence electrons. The minimum absolute atomic E-state index is 0.0338. The van der Waals surface area contributed by atoms with Gasteiger partial charge in [0.15, 0.2) is 0 Å². The Kier molecular flexibility index (Phi) is 3.06. The second kappa shape index (κ2) is 4.21. The van der Waals surface area contributed by atoms with Gasteiger partial charge in [-0.3, -0.25) is 4.79 Å². The van der Waals surface area contributed by atoms with Gasteiger partial charge in [-0.05, 0) is 38.2 Å². The third-order valence-electron chi connectivity index (χ3n) is 3.71. The molecule has 2 fully saturated rings. The molecular weight excluding hydrogens is 204 g/mol. The van der Waals surface area contributed by atoms with Crippen molar-refractivity contribution in [3.05, 3.63) is 12.2 Å². The van der Waals surface area contributed by atoms with Crippen molar-refractivity contribution in [1.82, 2.24) is 0 Å². The Morgan fingerprint density at radius 3 is 2.94 bits per heavy atom. The molecule has 1 aliphatic carbocycles. The van der Waals surface area contributed by atoms with E-state index in [0.717, 1.165) is 31.3 Å². The molecule has 0 radical (unpaired) electrons. The monoisotopic (exact) mass is 224 g/mol. The van der Waals surface area contributed by atoms with Gasteiger partial charge >= 0.3 is 5.97 Å². The summed E-state index contributed by atoms with van der Waals surface area (Å²) < 4.78 is 10.9. The molecule has 3 nitrogen and oxygen atoms in total. The standard InChI is InChI=1S/C13H20O3/c1-4-13-6-5-10(7-11(13)16-13)12(14)15-8-9(2)3/h10-11H,2,4-8H2,1,3H3. The zero-order valence-corrected chi connectivity index (χ0v) is 10.1. The minimum atomic E-state index is -0.0804. The number of ether oxygens (including phenoxy) is 2. The summed E-state index contributed by atoms with van der Waals surface area (Å²) in [4.78, 5) is 11.7. The lowest BCUT2D eigenvalue weighted by atomic mass is 9.81. The fraction of sp³-hybridized carbons (Fsp3) is 0.769. The number of carbonyl (C=O) groups excluding carboxylic acids is 1. The molecule has 0 spiro atoms. The van der Waals surface area contributed by atoms with Gasteiger partial charge in [-0.25, -0.2) is 0 Å². The molecule has 1 aliphatic heterocycles. The number of carbonyl (C=O) groups is 1. The van der Waals surface area contributed by atoms with Crippen LogP contribution in [0.2, 0.25) is 0 Å². The van der Waals surface area contributed by atoms with Crippen LogP contribution in [0.15, 0.2) is 12.2 Å². The average molecular weight is 224 g/mol. The maximum absolute atomic E-state index is 11.7. The molecule has 0 aromatic heterocycles. The van der Waals surface area contributed by atoms with E-state index >= 15 is 0 Å². The number of hydrogen-bond donors (Lipinski definition) is 0. The molecular formula is C13H20O3. The summed E-state index contributed by atoms with van der Waals surface area (Å²) in [6, 6.07) is 0. The Morgan fingerprint density at radius 2 is 2.38 bits per heavy atom. The van der Waals surface area contributed by atoms with Crippen LogP contribution in [0.4, 0.5) is 0 Å². The topological polar surface area (TPSA) is 38.8 Å². The first-order chi connectivity index (χ1) is 7.57. The van der Waals surface area contributed by atoms with Gasteiger partial charge in [-0.1, -0.05) is 13.5 Å². The molecule has 1 saturated heterocycles. The van der Waals surface area contributed by atoms with Crippen LogP contribution < -0.4 is 0 Å². The minimum Gasteiger partial charge on any atom is -0.461 e. The Morgan fingerprint density at radius 1 is 1.62 bits per heavy atom. The molecule has 0 aromatic rings. The van der Waals surface area contributed by atoms with Crippen molar-refractivity contribution in [2.75, 3.05) is 6.61 Å². The van der Waals surface area contributed by atoms with Crippen LogP contribution in [0, 0.1) is 5.92 Å². The summed E-state index contributed by atoms with van der Waals surface area (Å²) in [6.45, 7) is 8.08.